The Morgan fingerprint density at radius 2 is 1.84 bits per heavy atom. The van der Waals surface area contributed by atoms with Gasteiger partial charge in [0.25, 0.3) is 0 Å². The van der Waals surface area contributed by atoms with Crippen molar-refractivity contribution in [3.05, 3.63) is 48.0 Å². The molecule has 1 atom stereocenters. The maximum Gasteiger partial charge on any atom is 0.0491 e. The number of rotatable bonds is 6. The molecule has 0 spiro atoms. The second kappa shape index (κ2) is 7.19. The van der Waals surface area contributed by atoms with Crippen LogP contribution in [-0.2, 0) is 13.1 Å². The molecule has 0 bridgehead atoms. The molecule has 1 saturated heterocycles. The topological polar surface area (TPSA) is 20.2 Å². The highest BCUT2D eigenvalue weighted by atomic mass is 15.2. The van der Waals surface area contributed by atoms with Crippen LogP contribution in [0.15, 0.2) is 42.5 Å². The highest BCUT2D eigenvalue weighted by Crippen LogP contribution is 2.29. The molecule has 1 aliphatic heterocycles. The number of nitrogens with zero attached hydrogens (tertiary/aromatic N) is 2. The van der Waals surface area contributed by atoms with Gasteiger partial charge in [-0.25, -0.2) is 0 Å². The van der Waals surface area contributed by atoms with Gasteiger partial charge in [0.05, 0.1) is 0 Å². The first-order chi connectivity index (χ1) is 12.3. The van der Waals surface area contributed by atoms with Gasteiger partial charge in [-0.15, -0.1) is 0 Å². The number of hydrogen-bond donors (Lipinski definition) is 1. The van der Waals surface area contributed by atoms with Crippen molar-refractivity contribution in [2.75, 3.05) is 19.6 Å². The Morgan fingerprint density at radius 1 is 1.00 bits per heavy atom. The molecular weight excluding hydrogens is 306 g/mol. The molecule has 25 heavy (non-hydrogen) atoms. The summed E-state index contributed by atoms with van der Waals surface area (Å²) in [5.74, 6) is 0. The van der Waals surface area contributed by atoms with E-state index in [1.54, 1.807) is 0 Å². The molecule has 1 aliphatic rings. The van der Waals surface area contributed by atoms with Crippen LogP contribution in [0.3, 0.4) is 0 Å². The van der Waals surface area contributed by atoms with E-state index in [0.29, 0.717) is 0 Å². The SMILES string of the molecule is CCN1CCCC1CNCc1ccc2c(c1)c1ccccc1n2CC. The van der Waals surface area contributed by atoms with Crippen molar-refractivity contribution in [2.24, 2.45) is 0 Å². The van der Waals surface area contributed by atoms with Crippen LogP contribution in [0.4, 0.5) is 0 Å². The fraction of sp³-hybridized carbons (Fsp3) is 0.455. The number of para-hydroxylation sites is 1. The number of nitrogens with one attached hydrogen (secondary N) is 1. The summed E-state index contributed by atoms with van der Waals surface area (Å²) in [6, 6.07) is 16.4. The lowest BCUT2D eigenvalue weighted by atomic mass is 10.1. The first-order valence-electron chi connectivity index (χ1n) is 9.76. The largest absolute Gasteiger partial charge is 0.341 e. The van der Waals surface area contributed by atoms with Crippen molar-refractivity contribution >= 4 is 21.8 Å². The summed E-state index contributed by atoms with van der Waals surface area (Å²) in [6.45, 7) is 10.0. The molecule has 2 aromatic carbocycles. The lowest BCUT2D eigenvalue weighted by Gasteiger charge is -2.23. The molecule has 2 heterocycles. The third-order valence-electron chi connectivity index (χ3n) is 5.77. The van der Waals surface area contributed by atoms with Gasteiger partial charge in [0.2, 0.25) is 0 Å². The quantitative estimate of drug-likeness (QED) is 0.721. The standard InChI is InChI=1S/C22H29N3/c1-3-24-13-7-8-18(24)16-23-15-17-11-12-22-20(14-17)19-9-5-6-10-21(19)25(22)4-2/h5-6,9-12,14,18,23H,3-4,7-8,13,15-16H2,1-2H3. The summed E-state index contributed by atoms with van der Waals surface area (Å²) < 4.78 is 2.42. The zero-order valence-corrected chi connectivity index (χ0v) is 15.5. The number of aryl methyl sites for hydroxylation is 1. The van der Waals surface area contributed by atoms with Gasteiger partial charge in [-0.3, -0.25) is 4.90 Å². The zero-order chi connectivity index (χ0) is 17.2. The lowest BCUT2D eigenvalue weighted by molar-refractivity contribution is 0.260. The van der Waals surface area contributed by atoms with Crippen molar-refractivity contribution in [3.63, 3.8) is 0 Å². The molecule has 0 amide bonds. The smallest absolute Gasteiger partial charge is 0.0491 e. The summed E-state index contributed by atoms with van der Waals surface area (Å²) in [7, 11) is 0. The molecule has 0 saturated carbocycles. The number of likely N-dealkylation sites (N-methyl/N-ethyl adjacent to an activating group) is 1. The number of fused-ring (bicyclic) bond motifs is 3. The zero-order valence-electron chi connectivity index (χ0n) is 15.5. The van der Waals surface area contributed by atoms with Crippen LogP contribution in [0.25, 0.3) is 21.8 Å². The van der Waals surface area contributed by atoms with Gasteiger partial charge < -0.3 is 9.88 Å². The fourth-order valence-corrected chi connectivity index (χ4v) is 4.48. The normalized spacial score (nSPS) is 18.6. The highest BCUT2D eigenvalue weighted by molar-refractivity contribution is 6.08. The second-order valence-electron chi connectivity index (χ2n) is 7.17. The van der Waals surface area contributed by atoms with Gasteiger partial charge in [0, 0.05) is 47.5 Å². The molecule has 0 radical (unpaired) electrons. The van der Waals surface area contributed by atoms with Crippen molar-refractivity contribution in [2.45, 2.75) is 45.8 Å². The van der Waals surface area contributed by atoms with Gasteiger partial charge in [-0.2, -0.15) is 0 Å². The van der Waals surface area contributed by atoms with E-state index in [1.165, 1.54) is 53.3 Å². The van der Waals surface area contributed by atoms with E-state index in [4.69, 9.17) is 0 Å². The van der Waals surface area contributed by atoms with Crippen LogP contribution in [0.2, 0.25) is 0 Å². The predicted molar refractivity (Wildman–Crippen MR) is 107 cm³/mol. The molecule has 132 valence electrons. The van der Waals surface area contributed by atoms with Gasteiger partial charge in [-0.1, -0.05) is 31.2 Å². The van der Waals surface area contributed by atoms with Crippen molar-refractivity contribution < 1.29 is 0 Å². The third-order valence-corrected chi connectivity index (χ3v) is 5.77. The van der Waals surface area contributed by atoms with Crippen LogP contribution in [0, 0.1) is 0 Å². The Hall–Kier alpha value is -1.84. The van der Waals surface area contributed by atoms with E-state index in [9.17, 15) is 0 Å². The van der Waals surface area contributed by atoms with Crippen LogP contribution in [-0.4, -0.2) is 35.1 Å². The van der Waals surface area contributed by atoms with E-state index in [2.05, 4.69) is 71.1 Å². The minimum Gasteiger partial charge on any atom is -0.341 e. The molecular formula is C22H29N3. The molecule has 3 heteroatoms. The van der Waals surface area contributed by atoms with E-state index in [0.717, 1.165) is 25.7 Å². The lowest BCUT2D eigenvalue weighted by Crippen LogP contribution is -2.37. The van der Waals surface area contributed by atoms with E-state index >= 15 is 0 Å². The predicted octanol–water partition coefficient (Wildman–Crippen LogP) is 4.39. The molecule has 1 N–H and O–H groups in total. The van der Waals surface area contributed by atoms with Crippen LogP contribution in [0.1, 0.15) is 32.3 Å². The second-order valence-corrected chi connectivity index (χ2v) is 7.17. The monoisotopic (exact) mass is 335 g/mol. The van der Waals surface area contributed by atoms with E-state index < -0.39 is 0 Å². The number of aromatic nitrogens is 1. The van der Waals surface area contributed by atoms with Crippen molar-refractivity contribution in [1.82, 2.24) is 14.8 Å². The molecule has 4 rings (SSSR count). The van der Waals surface area contributed by atoms with E-state index in [1.807, 2.05) is 0 Å². The summed E-state index contributed by atoms with van der Waals surface area (Å²) in [6.07, 6.45) is 2.69. The number of likely N-dealkylation sites (tertiary alicyclic amines) is 1. The summed E-state index contributed by atoms with van der Waals surface area (Å²) in [5, 5.41) is 6.44. The summed E-state index contributed by atoms with van der Waals surface area (Å²) in [5.41, 5.74) is 4.07. The first-order valence-corrected chi connectivity index (χ1v) is 9.76. The van der Waals surface area contributed by atoms with Gasteiger partial charge in [-0.05, 0) is 56.6 Å². The Labute approximate surface area is 150 Å². The van der Waals surface area contributed by atoms with Crippen molar-refractivity contribution in [1.29, 1.82) is 0 Å². The molecule has 0 aliphatic carbocycles. The Morgan fingerprint density at radius 3 is 2.68 bits per heavy atom. The Balaban J connectivity index is 1.54. The third kappa shape index (κ3) is 3.07. The van der Waals surface area contributed by atoms with Gasteiger partial charge in [0.15, 0.2) is 0 Å². The molecule has 1 aromatic heterocycles. The number of benzene rings is 2. The summed E-state index contributed by atoms with van der Waals surface area (Å²) >= 11 is 0. The van der Waals surface area contributed by atoms with E-state index in [-0.39, 0.29) is 0 Å². The minimum absolute atomic E-state index is 0.718. The maximum atomic E-state index is 3.69. The van der Waals surface area contributed by atoms with Crippen LogP contribution < -0.4 is 5.32 Å². The number of hydrogen-bond acceptors (Lipinski definition) is 2. The Kier molecular flexibility index (Phi) is 4.78. The molecule has 3 nitrogen and oxygen atoms in total. The average molecular weight is 335 g/mol. The van der Waals surface area contributed by atoms with Gasteiger partial charge >= 0.3 is 0 Å². The summed E-state index contributed by atoms with van der Waals surface area (Å²) in [4.78, 5) is 2.60. The highest BCUT2D eigenvalue weighted by Gasteiger charge is 2.22. The average Bonchev–Trinajstić information content (AvgIpc) is 3.23. The van der Waals surface area contributed by atoms with Crippen molar-refractivity contribution in [3.8, 4) is 0 Å². The van der Waals surface area contributed by atoms with Crippen LogP contribution >= 0.6 is 0 Å². The fourth-order valence-electron chi connectivity index (χ4n) is 4.48. The Bertz CT molecular complexity index is 864. The molecule has 3 aromatic rings. The molecule has 1 unspecified atom stereocenters. The molecule has 1 fully saturated rings. The first kappa shape index (κ1) is 16.6. The van der Waals surface area contributed by atoms with Gasteiger partial charge in [0.1, 0.15) is 0 Å². The van der Waals surface area contributed by atoms with Crippen LogP contribution in [0.5, 0.6) is 0 Å². The minimum atomic E-state index is 0.718. The maximum absolute atomic E-state index is 3.69.